The number of carbonyl (C=O) groups is 1. The van der Waals surface area contributed by atoms with Crippen molar-refractivity contribution < 1.29 is 14.5 Å². The number of methoxy groups -OCH3 is 1. The van der Waals surface area contributed by atoms with E-state index in [0.717, 1.165) is 0 Å². The summed E-state index contributed by atoms with van der Waals surface area (Å²) in [5, 5.41) is 0. The highest BCUT2D eigenvalue weighted by Gasteiger charge is 2.21. The van der Waals surface area contributed by atoms with Crippen LogP contribution in [-0.2, 0) is 9.53 Å². The van der Waals surface area contributed by atoms with Gasteiger partial charge < -0.3 is 10.5 Å². The van der Waals surface area contributed by atoms with Gasteiger partial charge in [0.25, 0.3) is 5.82 Å². The summed E-state index contributed by atoms with van der Waals surface area (Å²) in [7, 11) is 1.28. The summed E-state index contributed by atoms with van der Waals surface area (Å²) in [4.78, 5) is 13.8. The number of rotatable bonds is 2. The van der Waals surface area contributed by atoms with Crippen LogP contribution < -0.4 is 16.5 Å². The number of pyridine rings is 1. The zero-order chi connectivity index (χ0) is 9.84. The van der Waals surface area contributed by atoms with Gasteiger partial charge in [-0.05, 0) is 12.1 Å². The fraction of sp³-hybridized carbons (Fsp3) is 0.250. The highest BCUT2D eigenvalue weighted by Crippen LogP contribution is 2.14. The van der Waals surface area contributed by atoms with Gasteiger partial charge in [-0.15, -0.1) is 0 Å². The third kappa shape index (κ3) is 1.94. The van der Waals surface area contributed by atoms with Gasteiger partial charge in [0.2, 0.25) is 0 Å². The number of nitrogens with one attached hydrogen (secondary N) is 1. The average Bonchev–Trinajstić information content (AvgIpc) is 2.16. The van der Waals surface area contributed by atoms with Gasteiger partial charge >= 0.3 is 5.97 Å². The van der Waals surface area contributed by atoms with Crippen molar-refractivity contribution in [2.75, 3.05) is 12.8 Å². The number of nitrogen functional groups attached to an aromatic ring is 1. The number of hydrogen-bond acceptors (Lipinski definition) is 4. The van der Waals surface area contributed by atoms with Crippen molar-refractivity contribution >= 4 is 11.8 Å². The Kier molecular flexibility index (Phi) is 2.81. The molecule has 0 amide bonds. The van der Waals surface area contributed by atoms with Gasteiger partial charge in [-0.1, -0.05) is 0 Å². The maximum atomic E-state index is 11.0. The molecule has 1 heterocycles. The predicted molar refractivity (Wildman–Crippen MR) is 46.4 cm³/mol. The lowest BCUT2D eigenvalue weighted by Gasteiger charge is -2.07. The Morgan fingerprint density at radius 2 is 2.38 bits per heavy atom. The van der Waals surface area contributed by atoms with Crippen molar-refractivity contribution in [1.82, 2.24) is 0 Å². The van der Waals surface area contributed by atoms with Crippen molar-refractivity contribution in [3.05, 3.63) is 23.9 Å². The standard InChI is InChI=1S/C8H11N3O2/c1-13-8(12)6(9)5-3-2-4-11-7(5)10/h2-4,6H,9H2,1H3,(H2,10,11)/p+1. The molecule has 0 aliphatic heterocycles. The SMILES string of the molecule is COC(=O)C(N)c1ccc[nH+]c1N. The molecule has 0 saturated carbocycles. The normalized spacial score (nSPS) is 12.2. The van der Waals surface area contributed by atoms with Crippen LogP contribution in [0.1, 0.15) is 11.6 Å². The molecule has 70 valence electrons. The van der Waals surface area contributed by atoms with Crippen LogP contribution in [0.4, 0.5) is 5.82 Å². The highest BCUT2D eigenvalue weighted by molar-refractivity contribution is 5.78. The minimum Gasteiger partial charge on any atom is -0.468 e. The van der Waals surface area contributed by atoms with Gasteiger partial charge in [-0.3, -0.25) is 5.73 Å². The van der Waals surface area contributed by atoms with Crippen LogP contribution in [0.5, 0.6) is 0 Å². The third-order valence-corrected chi connectivity index (χ3v) is 1.71. The Bertz CT molecular complexity index is 314. The molecule has 1 aromatic heterocycles. The van der Waals surface area contributed by atoms with Crippen LogP contribution in [0.2, 0.25) is 0 Å². The Balaban J connectivity index is 2.95. The van der Waals surface area contributed by atoms with Crippen LogP contribution in [0.25, 0.3) is 0 Å². The molecule has 1 aromatic rings. The van der Waals surface area contributed by atoms with E-state index in [9.17, 15) is 4.79 Å². The molecule has 0 saturated heterocycles. The van der Waals surface area contributed by atoms with E-state index in [2.05, 4.69) is 9.72 Å². The fourth-order valence-corrected chi connectivity index (χ4v) is 0.988. The van der Waals surface area contributed by atoms with Gasteiger partial charge in [0.15, 0.2) is 0 Å². The first kappa shape index (κ1) is 9.47. The molecule has 5 nitrogen and oxygen atoms in total. The van der Waals surface area contributed by atoms with E-state index < -0.39 is 12.0 Å². The molecule has 1 unspecified atom stereocenters. The summed E-state index contributed by atoms with van der Waals surface area (Å²) >= 11 is 0. The second-order valence-electron chi connectivity index (χ2n) is 2.54. The first-order chi connectivity index (χ1) is 6.16. The molecule has 0 aliphatic rings. The Hall–Kier alpha value is -1.62. The summed E-state index contributed by atoms with van der Waals surface area (Å²) in [5.74, 6) is -0.133. The molecule has 0 fully saturated rings. The van der Waals surface area contributed by atoms with E-state index in [1.807, 2.05) is 0 Å². The topological polar surface area (TPSA) is 92.5 Å². The molecule has 0 spiro atoms. The number of aromatic nitrogens is 1. The van der Waals surface area contributed by atoms with Crippen molar-refractivity contribution in [2.24, 2.45) is 5.73 Å². The average molecular weight is 182 g/mol. The van der Waals surface area contributed by atoms with Crippen LogP contribution in [0.15, 0.2) is 18.3 Å². The number of carbonyl (C=O) groups excluding carboxylic acids is 1. The molecule has 1 atom stereocenters. The van der Waals surface area contributed by atoms with Crippen molar-refractivity contribution in [2.45, 2.75) is 6.04 Å². The van der Waals surface area contributed by atoms with Gasteiger partial charge in [0, 0.05) is 0 Å². The van der Waals surface area contributed by atoms with Crippen molar-refractivity contribution in [1.29, 1.82) is 0 Å². The van der Waals surface area contributed by atoms with Crippen LogP contribution in [-0.4, -0.2) is 13.1 Å². The van der Waals surface area contributed by atoms with Gasteiger partial charge in [0.05, 0.1) is 18.9 Å². The van der Waals surface area contributed by atoms with Gasteiger partial charge in [-0.25, -0.2) is 9.78 Å². The lowest BCUT2D eigenvalue weighted by atomic mass is 10.1. The second-order valence-corrected chi connectivity index (χ2v) is 2.54. The minimum absolute atomic E-state index is 0.375. The van der Waals surface area contributed by atoms with Gasteiger partial charge in [-0.2, -0.15) is 0 Å². The maximum absolute atomic E-state index is 11.0. The van der Waals surface area contributed by atoms with E-state index in [1.54, 1.807) is 18.3 Å². The summed E-state index contributed by atoms with van der Waals surface area (Å²) in [6.45, 7) is 0. The van der Waals surface area contributed by atoms with Crippen LogP contribution >= 0.6 is 0 Å². The number of anilines is 1. The molecule has 0 aliphatic carbocycles. The molecule has 0 aromatic carbocycles. The molecule has 5 heteroatoms. The molecule has 0 bridgehead atoms. The lowest BCUT2D eigenvalue weighted by molar-refractivity contribution is -0.361. The smallest absolute Gasteiger partial charge is 0.327 e. The van der Waals surface area contributed by atoms with Crippen LogP contribution in [0.3, 0.4) is 0 Å². The number of H-pyrrole nitrogens is 1. The Morgan fingerprint density at radius 3 is 2.92 bits per heavy atom. The number of nitrogens with two attached hydrogens (primary N) is 2. The minimum atomic E-state index is -0.831. The number of aromatic amines is 1. The maximum Gasteiger partial charge on any atom is 0.327 e. The summed E-state index contributed by atoms with van der Waals surface area (Å²) in [6.07, 6.45) is 1.66. The largest absolute Gasteiger partial charge is 0.468 e. The zero-order valence-electron chi connectivity index (χ0n) is 7.28. The van der Waals surface area contributed by atoms with Crippen molar-refractivity contribution in [3.8, 4) is 0 Å². The fourth-order valence-electron chi connectivity index (χ4n) is 0.988. The lowest BCUT2D eigenvalue weighted by Crippen LogP contribution is -2.26. The quantitative estimate of drug-likeness (QED) is 0.589. The molecule has 0 radical (unpaired) electrons. The molecular weight excluding hydrogens is 170 g/mol. The third-order valence-electron chi connectivity index (χ3n) is 1.71. The van der Waals surface area contributed by atoms with Crippen molar-refractivity contribution in [3.63, 3.8) is 0 Å². The first-order valence-corrected chi connectivity index (χ1v) is 3.76. The van der Waals surface area contributed by atoms with Gasteiger partial charge in [0.1, 0.15) is 6.04 Å². The number of ether oxygens (including phenoxy) is 1. The predicted octanol–water partition coefficient (Wildman–Crippen LogP) is -0.744. The monoisotopic (exact) mass is 182 g/mol. The summed E-state index contributed by atoms with van der Waals surface area (Å²) < 4.78 is 4.49. The molecule has 5 N–H and O–H groups in total. The Morgan fingerprint density at radius 1 is 1.69 bits per heavy atom. The van der Waals surface area contributed by atoms with Crippen LogP contribution in [0, 0.1) is 0 Å². The first-order valence-electron chi connectivity index (χ1n) is 3.76. The van der Waals surface area contributed by atoms with E-state index in [4.69, 9.17) is 11.5 Å². The molecule has 13 heavy (non-hydrogen) atoms. The number of esters is 1. The molecule has 1 rings (SSSR count). The Labute approximate surface area is 75.7 Å². The second kappa shape index (κ2) is 3.86. The summed E-state index contributed by atoms with van der Waals surface area (Å²) in [6, 6.07) is 2.56. The van der Waals surface area contributed by atoms with E-state index in [-0.39, 0.29) is 0 Å². The van der Waals surface area contributed by atoms with E-state index >= 15 is 0 Å². The molecular formula is C8H12N3O2+. The highest BCUT2D eigenvalue weighted by atomic mass is 16.5. The van der Waals surface area contributed by atoms with E-state index in [1.165, 1.54) is 7.11 Å². The van der Waals surface area contributed by atoms with E-state index in [0.29, 0.717) is 11.4 Å². The zero-order valence-corrected chi connectivity index (χ0v) is 7.28. The summed E-state index contributed by atoms with van der Waals surface area (Å²) in [5.41, 5.74) is 11.7. The number of hydrogen-bond donors (Lipinski definition) is 2.